The molecule has 0 aliphatic heterocycles. The molecule has 1 rings (SSSR count). The lowest BCUT2D eigenvalue weighted by Gasteiger charge is -2.21. The number of nitrogens with one attached hydrogen (secondary N) is 1. The fraction of sp³-hybridized carbons (Fsp3) is 0.923. The first-order valence-corrected chi connectivity index (χ1v) is 6.55. The first-order valence-electron chi connectivity index (χ1n) is 6.55. The number of hydrogen-bond acceptors (Lipinski definition) is 3. The largest absolute Gasteiger partial charge is 0.396 e. The maximum absolute atomic E-state index is 8.98. The summed E-state index contributed by atoms with van der Waals surface area (Å²) in [6, 6.07) is 2.78. The Morgan fingerprint density at radius 3 is 2.88 bits per heavy atom. The molecule has 2 N–H and O–H groups in total. The van der Waals surface area contributed by atoms with E-state index >= 15 is 0 Å². The summed E-state index contributed by atoms with van der Waals surface area (Å²) >= 11 is 0. The maximum Gasteiger partial charge on any atom is 0.0672 e. The Balaban J connectivity index is 2.28. The van der Waals surface area contributed by atoms with Crippen LogP contribution in [0, 0.1) is 23.2 Å². The van der Waals surface area contributed by atoms with Gasteiger partial charge in [-0.25, -0.2) is 0 Å². The molecule has 0 amide bonds. The average Bonchev–Trinajstić information content (AvgIpc) is 2.74. The number of nitrogens with zero attached hydrogens (tertiary/aromatic N) is 1. The van der Waals surface area contributed by atoms with E-state index in [0.717, 1.165) is 32.2 Å². The molecule has 3 atom stereocenters. The molecule has 3 nitrogen and oxygen atoms in total. The van der Waals surface area contributed by atoms with Gasteiger partial charge >= 0.3 is 0 Å². The van der Waals surface area contributed by atoms with Crippen LogP contribution in [0.15, 0.2) is 0 Å². The molecule has 3 unspecified atom stereocenters. The summed E-state index contributed by atoms with van der Waals surface area (Å²) in [5.41, 5.74) is 0. The Hall–Kier alpha value is -0.590. The monoisotopic (exact) mass is 224 g/mol. The molecular weight excluding hydrogens is 200 g/mol. The average molecular weight is 224 g/mol. The zero-order chi connectivity index (χ0) is 11.8. The molecule has 1 fully saturated rings. The van der Waals surface area contributed by atoms with E-state index in [1.165, 1.54) is 12.8 Å². The van der Waals surface area contributed by atoms with Crippen molar-refractivity contribution in [1.29, 1.82) is 5.26 Å². The van der Waals surface area contributed by atoms with Gasteiger partial charge in [0.2, 0.25) is 0 Å². The van der Waals surface area contributed by atoms with Crippen LogP contribution in [-0.4, -0.2) is 24.3 Å². The predicted octanol–water partition coefficient (Wildman–Crippen LogP) is 2.07. The second-order valence-corrected chi connectivity index (χ2v) is 4.85. The first-order chi connectivity index (χ1) is 7.81. The third-order valence-electron chi connectivity index (χ3n) is 3.58. The van der Waals surface area contributed by atoms with Gasteiger partial charge in [-0.3, -0.25) is 0 Å². The van der Waals surface area contributed by atoms with Crippen LogP contribution in [0.25, 0.3) is 0 Å². The molecule has 0 radical (unpaired) electrons. The second-order valence-electron chi connectivity index (χ2n) is 4.85. The Morgan fingerprint density at radius 1 is 1.44 bits per heavy atom. The van der Waals surface area contributed by atoms with Gasteiger partial charge in [-0.05, 0) is 38.1 Å². The van der Waals surface area contributed by atoms with Gasteiger partial charge in [0.05, 0.1) is 12.0 Å². The molecular formula is C13H24N2O. The van der Waals surface area contributed by atoms with E-state index in [1.54, 1.807) is 0 Å². The minimum atomic E-state index is 0.205. The molecule has 0 saturated heterocycles. The van der Waals surface area contributed by atoms with E-state index in [1.807, 2.05) is 0 Å². The fourth-order valence-corrected chi connectivity index (χ4v) is 2.62. The van der Waals surface area contributed by atoms with Gasteiger partial charge in [0, 0.05) is 12.6 Å². The minimum absolute atomic E-state index is 0.205. The summed E-state index contributed by atoms with van der Waals surface area (Å²) in [6.07, 6.45) is 6.57. The SMILES string of the molecule is CCCC(CCO)CNC1CCCC1C#N. The van der Waals surface area contributed by atoms with Crippen molar-refractivity contribution in [2.24, 2.45) is 11.8 Å². The Labute approximate surface area is 98.8 Å². The zero-order valence-electron chi connectivity index (χ0n) is 10.3. The third-order valence-corrected chi connectivity index (χ3v) is 3.58. The topological polar surface area (TPSA) is 56.0 Å². The van der Waals surface area contributed by atoms with Crippen molar-refractivity contribution in [3.63, 3.8) is 0 Å². The van der Waals surface area contributed by atoms with Crippen LogP contribution in [0.2, 0.25) is 0 Å². The highest BCUT2D eigenvalue weighted by atomic mass is 16.3. The Bertz CT molecular complexity index is 218. The second kappa shape index (κ2) is 7.65. The Morgan fingerprint density at radius 2 is 2.25 bits per heavy atom. The van der Waals surface area contributed by atoms with Crippen molar-refractivity contribution < 1.29 is 5.11 Å². The lowest BCUT2D eigenvalue weighted by molar-refractivity contribution is 0.243. The van der Waals surface area contributed by atoms with E-state index in [9.17, 15) is 0 Å². The first kappa shape index (κ1) is 13.5. The van der Waals surface area contributed by atoms with Gasteiger partial charge in [-0.15, -0.1) is 0 Å². The number of nitriles is 1. The van der Waals surface area contributed by atoms with E-state index in [2.05, 4.69) is 18.3 Å². The molecule has 1 aliphatic carbocycles. The summed E-state index contributed by atoms with van der Waals surface area (Å²) in [4.78, 5) is 0. The molecule has 1 saturated carbocycles. The van der Waals surface area contributed by atoms with Gasteiger partial charge < -0.3 is 10.4 Å². The molecule has 1 aliphatic rings. The lowest BCUT2D eigenvalue weighted by Crippen LogP contribution is -2.35. The predicted molar refractivity (Wildman–Crippen MR) is 64.8 cm³/mol. The number of rotatable bonds is 7. The summed E-state index contributed by atoms with van der Waals surface area (Å²) in [5.74, 6) is 0.770. The van der Waals surface area contributed by atoms with E-state index in [0.29, 0.717) is 12.0 Å². The van der Waals surface area contributed by atoms with E-state index in [4.69, 9.17) is 10.4 Å². The van der Waals surface area contributed by atoms with Crippen molar-refractivity contribution in [2.75, 3.05) is 13.2 Å². The number of hydrogen-bond donors (Lipinski definition) is 2. The molecule has 0 aromatic rings. The Kier molecular flexibility index (Phi) is 6.44. The van der Waals surface area contributed by atoms with E-state index in [-0.39, 0.29) is 12.5 Å². The van der Waals surface area contributed by atoms with Gasteiger partial charge in [-0.1, -0.05) is 19.8 Å². The van der Waals surface area contributed by atoms with Crippen molar-refractivity contribution in [2.45, 2.75) is 51.5 Å². The van der Waals surface area contributed by atoms with Crippen LogP contribution in [-0.2, 0) is 0 Å². The van der Waals surface area contributed by atoms with Gasteiger partial charge in [-0.2, -0.15) is 5.26 Å². The third kappa shape index (κ3) is 4.11. The fourth-order valence-electron chi connectivity index (χ4n) is 2.62. The molecule has 0 aromatic heterocycles. The standard InChI is InChI=1S/C13H24N2O/c1-2-4-11(7-8-16)10-15-13-6-3-5-12(13)9-14/h11-13,15-16H,2-8,10H2,1H3. The van der Waals surface area contributed by atoms with Crippen LogP contribution < -0.4 is 5.32 Å². The van der Waals surface area contributed by atoms with Crippen LogP contribution in [0.5, 0.6) is 0 Å². The van der Waals surface area contributed by atoms with Gasteiger partial charge in [0.15, 0.2) is 0 Å². The summed E-state index contributed by atoms with van der Waals surface area (Å²) in [6.45, 7) is 3.41. The van der Waals surface area contributed by atoms with Gasteiger partial charge in [0.1, 0.15) is 0 Å². The van der Waals surface area contributed by atoms with Crippen molar-refractivity contribution in [3.05, 3.63) is 0 Å². The molecule has 0 spiro atoms. The van der Waals surface area contributed by atoms with Crippen molar-refractivity contribution in [3.8, 4) is 6.07 Å². The normalized spacial score (nSPS) is 26.6. The highest BCUT2D eigenvalue weighted by Gasteiger charge is 2.26. The zero-order valence-corrected chi connectivity index (χ0v) is 10.3. The minimum Gasteiger partial charge on any atom is -0.396 e. The van der Waals surface area contributed by atoms with Crippen LogP contribution >= 0.6 is 0 Å². The van der Waals surface area contributed by atoms with Crippen LogP contribution in [0.4, 0.5) is 0 Å². The smallest absolute Gasteiger partial charge is 0.0672 e. The maximum atomic E-state index is 8.98. The quantitative estimate of drug-likeness (QED) is 0.696. The molecule has 0 bridgehead atoms. The highest BCUT2D eigenvalue weighted by Crippen LogP contribution is 2.25. The lowest BCUT2D eigenvalue weighted by atomic mass is 9.98. The van der Waals surface area contributed by atoms with Gasteiger partial charge in [0.25, 0.3) is 0 Å². The number of aliphatic hydroxyl groups excluding tert-OH is 1. The van der Waals surface area contributed by atoms with Crippen LogP contribution in [0.3, 0.4) is 0 Å². The van der Waals surface area contributed by atoms with Crippen LogP contribution in [0.1, 0.15) is 45.4 Å². The summed E-state index contributed by atoms with van der Waals surface area (Å²) in [5, 5.41) is 21.5. The highest BCUT2D eigenvalue weighted by molar-refractivity contribution is 4.96. The summed E-state index contributed by atoms with van der Waals surface area (Å²) in [7, 11) is 0. The number of aliphatic hydroxyl groups is 1. The van der Waals surface area contributed by atoms with Crippen molar-refractivity contribution in [1.82, 2.24) is 5.32 Å². The molecule has 16 heavy (non-hydrogen) atoms. The molecule has 92 valence electrons. The molecule has 0 heterocycles. The molecule has 3 heteroatoms. The molecule has 0 aromatic carbocycles. The van der Waals surface area contributed by atoms with E-state index < -0.39 is 0 Å². The summed E-state index contributed by atoms with van der Waals surface area (Å²) < 4.78 is 0. The van der Waals surface area contributed by atoms with Crippen molar-refractivity contribution >= 4 is 0 Å².